The summed E-state index contributed by atoms with van der Waals surface area (Å²) in [6, 6.07) is 47.7. The number of thiophene rings is 1. The van der Waals surface area contributed by atoms with Crippen LogP contribution in [-0.4, -0.2) is 15.0 Å². The molecule has 0 saturated carbocycles. The van der Waals surface area contributed by atoms with Gasteiger partial charge in [0.1, 0.15) is 11.2 Å². The molecule has 0 atom stereocenters. The Morgan fingerprint density at radius 2 is 1.00 bits per heavy atom. The van der Waals surface area contributed by atoms with Crippen molar-refractivity contribution in [2.45, 2.75) is 0 Å². The summed E-state index contributed by atoms with van der Waals surface area (Å²) in [7, 11) is 0. The van der Waals surface area contributed by atoms with Crippen molar-refractivity contribution in [2.75, 3.05) is 0 Å². The fourth-order valence-corrected chi connectivity index (χ4v) is 8.43. The van der Waals surface area contributed by atoms with Gasteiger partial charge in [-0.1, -0.05) is 145 Å². The highest BCUT2D eigenvalue weighted by Gasteiger charge is 2.17. The molecule has 0 amide bonds. The van der Waals surface area contributed by atoms with Crippen molar-refractivity contribution in [1.29, 1.82) is 0 Å². The van der Waals surface area contributed by atoms with Gasteiger partial charge >= 0.3 is 0 Å². The van der Waals surface area contributed by atoms with Crippen molar-refractivity contribution in [3.63, 3.8) is 0 Å². The number of rotatable bonds is 6. The van der Waals surface area contributed by atoms with Gasteiger partial charge in [0.15, 0.2) is 17.5 Å². The summed E-state index contributed by atoms with van der Waals surface area (Å²) in [5.41, 5.74) is 7.68. The lowest BCUT2D eigenvalue weighted by atomic mass is 9.93. The van der Waals surface area contributed by atoms with E-state index in [1.54, 1.807) is 0 Å². The Morgan fingerprint density at radius 1 is 0.411 bits per heavy atom. The van der Waals surface area contributed by atoms with E-state index in [0.717, 1.165) is 38.6 Å². The molecule has 0 radical (unpaired) electrons. The number of furan rings is 1. The second-order valence-corrected chi connectivity index (χ2v) is 14.5. The average Bonchev–Trinajstić information content (AvgIpc) is 3.90. The minimum absolute atomic E-state index is 0.0439. The van der Waals surface area contributed by atoms with Gasteiger partial charge in [0.25, 0.3) is 0 Å². The molecule has 0 aliphatic rings. The third kappa shape index (κ3) is 5.65. The van der Waals surface area contributed by atoms with Gasteiger partial charge < -0.3 is 4.42 Å². The van der Waals surface area contributed by atoms with Gasteiger partial charge in [0, 0.05) is 47.6 Å². The van der Waals surface area contributed by atoms with Crippen molar-refractivity contribution < 1.29 is 12.6 Å². The lowest BCUT2D eigenvalue weighted by molar-refractivity contribution is 0.669. The zero-order valence-electron chi connectivity index (χ0n) is 35.6. The van der Waals surface area contributed by atoms with Crippen LogP contribution in [-0.2, 0) is 0 Å². The second-order valence-electron chi connectivity index (χ2n) is 13.5. The molecule has 4 nitrogen and oxygen atoms in total. The van der Waals surface area contributed by atoms with Gasteiger partial charge in [-0.05, 0) is 75.8 Å². The number of hydrogen-bond acceptors (Lipinski definition) is 5. The molecule has 0 aliphatic heterocycles. The third-order valence-electron chi connectivity index (χ3n) is 10.0. The van der Waals surface area contributed by atoms with E-state index in [-0.39, 0.29) is 58.4 Å². The SMILES string of the molecule is [2H]c1c([2H])c([2H])c2c(sc3c([2H])c(-c4nc(-c5ccccc5)nc(-c5ccc6c(c5)oc5ccccc56)n4)c([2H])c([2H])c32)c1-c1cc(-c2ccccc2)cc(-c2ccccc2)c1. The van der Waals surface area contributed by atoms with Gasteiger partial charge in [-0.3, -0.25) is 0 Å². The predicted octanol–water partition coefficient (Wildman–Crippen LogP) is 14.1. The molecule has 0 N–H and O–H groups in total. The fraction of sp³-hybridized carbons (Fsp3) is 0. The molecule has 11 rings (SSSR count). The molecular formula is C51H31N3OS. The molecule has 11 aromatic rings. The molecule has 8 aromatic carbocycles. The Labute approximate surface area is 335 Å². The smallest absolute Gasteiger partial charge is 0.164 e. The van der Waals surface area contributed by atoms with Gasteiger partial charge in [-0.25, -0.2) is 15.0 Å². The first-order valence-electron chi connectivity index (χ1n) is 21.2. The minimum atomic E-state index is -0.295. The van der Waals surface area contributed by atoms with Crippen LogP contribution in [0.2, 0.25) is 0 Å². The molecule has 0 bridgehead atoms. The summed E-state index contributed by atoms with van der Waals surface area (Å²) < 4.78 is 63.3. The van der Waals surface area contributed by atoms with Crippen LogP contribution in [0.4, 0.5) is 0 Å². The fourth-order valence-electron chi connectivity index (χ4n) is 7.30. The van der Waals surface area contributed by atoms with Crippen LogP contribution < -0.4 is 0 Å². The van der Waals surface area contributed by atoms with Gasteiger partial charge in [0.05, 0.1) is 8.22 Å². The van der Waals surface area contributed by atoms with Crippen molar-refractivity contribution in [3.8, 4) is 67.5 Å². The number of benzene rings is 8. The zero-order chi connectivity index (χ0) is 42.2. The molecule has 262 valence electrons. The van der Waals surface area contributed by atoms with E-state index >= 15 is 0 Å². The van der Waals surface area contributed by atoms with Crippen LogP contribution >= 0.6 is 11.3 Å². The van der Waals surface area contributed by atoms with E-state index in [0.29, 0.717) is 48.9 Å². The summed E-state index contributed by atoms with van der Waals surface area (Å²) in [6.45, 7) is 0. The third-order valence-corrected chi connectivity index (χ3v) is 11.1. The summed E-state index contributed by atoms with van der Waals surface area (Å²) in [5.74, 6) is 0.690. The summed E-state index contributed by atoms with van der Waals surface area (Å²) in [6.07, 6.45) is 0. The first kappa shape index (κ1) is 26.5. The zero-order valence-corrected chi connectivity index (χ0v) is 30.4. The molecule has 3 heterocycles. The van der Waals surface area contributed by atoms with Crippen LogP contribution in [0.15, 0.2) is 192 Å². The Balaban J connectivity index is 1.16. The quantitative estimate of drug-likeness (QED) is 0.170. The highest BCUT2D eigenvalue weighted by atomic mass is 32.1. The number of fused-ring (bicyclic) bond motifs is 6. The largest absolute Gasteiger partial charge is 0.456 e. The molecule has 0 spiro atoms. The van der Waals surface area contributed by atoms with E-state index < -0.39 is 0 Å². The van der Waals surface area contributed by atoms with Crippen LogP contribution in [0.1, 0.15) is 8.22 Å². The normalized spacial score (nSPS) is 13.1. The van der Waals surface area contributed by atoms with E-state index in [1.807, 2.05) is 146 Å². The number of nitrogens with zero attached hydrogens (tertiary/aromatic N) is 3. The Hall–Kier alpha value is -7.21. The van der Waals surface area contributed by atoms with Crippen LogP contribution in [0, 0.1) is 0 Å². The Kier molecular flexibility index (Phi) is 6.29. The van der Waals surface area contributed by atoms with Crippen molar-refractivity contribution in [2.24, 2.45) is 0 Å². The number of hydrogen-bond donors (Lipinski definition) is 0. The maximum absolute atomic E-state index is 9.75. The van der Waals surface area contributed by atoms with Gasteiger partial charge in [-0.2, -0.15) is 0 Å². The summed E-state index contributed by atoms with van der Waals surface area (Å²) in [4.78, 5) is 14.6. The first-order valence-corrected chi connectivity index (χ1v) is 19.0. The molecule has 5 heteroatoms. The minimum Gasteiger partial charge on any atom is -0.456 e. The maximum Gasteiger partial charge on any atom is 0.164 e. The second kappa shape index (κ2) is 13.3. The van der Waals surface area contributed by atoms with Gasteiger partial charge in [0.2, 0.25) is 0 Å². The van der Waals surface area contributed by atoms with Crippen molar-refractivity contribution in [1.82, 2.24) is 15.0 Å². The van der Waals surface area contributed by atoms with E-state index in [4.69, 9.17) is 20.7 Å². The topological polar surface area (TPSA) is 51.8 Å². The van der Waals surface area contributed by atoms with E-state index in [9.17, 15) is 6.85 Å². The maximum atomic E-state index is 9.75. The first-order chi connectivity index (χ1) is 30.2. The summed E-state index contributed by atoms with van der Waals surface area (Å²) in [5, 5.41) is 2.42. The molecule has 0 saturated heterocycles. The molecule has 0 fully saturated rings. The van der Waals surface area contributed by atoms with Crippen molar-refractivity contribution in [3.05, 3.63) is 188 Å². The predicted molar refractivity (Wildman–Crippen MR) is 233 cm³/mol. The standard InChI is InChI=1S/C51H31N3OS/c1-4-13-32(14-5-1)37-27-38(33-15-6-2-7-16-33)29-39(28-37)40-20-12-21-44-43-26-24-36(31-47(43)56-48(40)44)51-53-49(34-17-8-3-9-18-34)52-50(54-51)35-23-25-42-41-19-10-11-22-45(41)55-46(42)30-35/h1-31H/i12D,20D,21D,24D,26D,31D. The summed E-state index contributed by atoms with van der Waals surface area (Å²) >= 11 is 1.19. The van der Waals surface area contributed by atoms with Crippen LogP contribution in [0.5, 0.6) is 0 Å². The lowest BCUT2D eigenvalue weighted by Crippen LogP contribution is -2.00. The van der Waals surface area contributed by atoms with Crippen LogP contribution in [0.25, 0.3) is 110 Å². The average molecular weight is 740 g/mol. The monoisotopic (exact) mass is 739 g/mol. The van der Waals surface area contributed by atoms with Gasteiger partial charge in [-0.15, -0.1) is 11.3 Å². The van der Waals surface area contributed by atoms with E-state index in [2.05, 4.69) is 6.07 Å². The molecule has 0 unspecified atom stereocenters. The highest BCUT2D eigenvalue weighted by molar-refractivity contribution is 7.26. The lowest BCUT2D eigenvalue weighted by Gasteiger charge is -2.12. The van der Waals surface area contributed by atoms with Crippen molar-refractivity contribution >= 4 is 53.4 Å². The van der Waals surface area contributed by atoms with E-state index in [1.165, 1.54) is 11.3 Å². The molecule has 0 aliphatic carbocycles. The van der Waals surface area contributed by atoms with Crippen LogP contribution in [0.3, 0.4) is 0 Å². The Morgan fingerprint density at radius 3 is 1.71 bits per heavy atom. The molecule has 3 aromatic heterocycles. The highest BCUT2D eigenvalue weighted by Crippen LogP contribution is 2.43. The number of aromatic nitrogens is 3. The molecule has 56 heavy (non-hydrogen) atoms. The number of para-hydroxylation sites is 1. The molecular weight excluding hydrogens is 703 g/mol. The Bertz CT molecular complexity index is 3540.